The SMILES string of the molecule is Cc1ccc(C(c2ccc(C)cc2C)N2CCCNCC2)nc1. The fraction of sp³-hybridized carbons (Fsp3) is 0.450. The summed E-state index contributed by atoms with van der Waals surface area (Å²) in [7, 11) is 0. The molecule has 1 saturated heterocycles. The zero-order valence-electron chi connectivity index (χ0n) is 14.5. The van der Waals surface area contributed by atoms with E-state index in [1.807, 2.05) is 6.20 Å². The van der Waals surface area contributed by atoms with Crippen molar-refractivity contribution in [2.75, 3.05) is 26.2 Å². The van der Waals surface area contributed by atoms with Gasteiger partial charge in [0.05, 0.1) is 11.7 Å². The molecule has 3 nitrogen and oxygen atoms in total. The van der Waals surface area contributed by atoms with E-state index in [-0.39, 0.29) is 6.04 Å². The van der Waals surface area contributed by atoms with Crippen LogP contribution in [0.2, 0.25) is 0 Å². The fourth-order valence-corrected chi connectivity index (χ4v) is 3.44. The molecule has 1 aliphatic rings. The van der Waals surface area contributed by atoms with E-state index in [9.17, 15) is 0 Å². The van der Waals surface area contributed by atoms with Crippen LogP contribution in [0.15, 0.2) is 36.5 Å². The Balaban J connectivity index is 2.03. The molecule has 0 spiro atoms. The highest BCUT2D eigenvalue weighted by molar-refractivity contribution is 5.37. The summed E-state index contributed by atoms with van der Waals surface area (Å²) >= 11 is 0. The summed E-state index contributed by atoms with van der Waals surface area (Å²) in [5.74, 6) is 0. The number of nitrogens with one attached hydrogen (secondary N) is 1. The lowest BCUT2D eigenvalue weighted by Crippen LogP contribution is -2.33. The van der Waals surface area contributed by atoms with Crippen LogP contribution in [0.5, 0.6) is 0 Å². The number of pyridine rings is 1. The van der Waals surface area contributed by atoms with Crippen molar-refractivity contribution < 1.29 is 0 Å². The molecule has 1 aromatic carbocycles. The summed E-state index contributed by atoms with van der Waals surface area (Å²) in [4.78, 5) is 7.34. The quantitative estimate of drug-likeness (QED) is 0.942. The second-order valence-electron chi connectivity index (χ2n) is 6.66. The maximum atomic E-state index is 4.76. The lowest BCUT2D eigenvalue weighted by atomic mass is 9.95. The zero-order chi connectivity index (χ0) is 16.2. The van der Waals surface area contributed by atoms with E-state index < -0.39 is 0 Å². The molecule has 23 heavy (non-hydrogen) atoms. The van der Waals surface area contributed by atoms with Gasteiger partial charge in [-0.1, -0.05) is 29.8 Å². The summed E-state index contributed by atoms with van der Waals surface area (Å²) < 4.78 is 0. The highest BCUT2D eigenvalue weighted by Crippen LogP contribution is 2.30. The van der Waals surface area contributed by atoms with Crippen molar-refractivity contribution in [3.8, 4) is 0 Å². The van der Waals surface area contributed by atoms with Crippen molar-refractivity contribution >= 4 is 0 Å². The van der Waals surface area contributed by atoms with Crippen LogP contribution in [0.25, 0.3) is 0 Å². The molecular weight excluding hydrogens is 282 g/mol. The van der Waals surface area contributed by atoms with Gasteiger partial charge in [0.15, 0.2) is 0 Å². The summed E-state index contributed by atoms with van der Waals surface area (Å²) in [5.41, 5.74) is 6.43. The Kier molecular flexibility index (Phi) is 5.09. The van der Waals surface area contributed by atoms with Crippen molar-refractivity contribution in [1.82, 2.24) is 15.2 Å². The van der Waals surface area contributed by atoms with Crippen LogP contribution in [0.3, 0.4) is 0 Å². The van der Waals surface area contributed by atoms with Crippen molar-refractivity contribution in [2.45, 2.75) is 33.2 Å². The summed E-state index contributed by atoms with van der Waals surface area (Å²) in [6.45, 7) is 10.8. The lowest BCUT2D eigenvalue weighted by Gasteiger charge is -2.31. The molecule has 1 aliphatic heterocycles. The van der Waals surface area contributed by atoms with Gasteiger partial charge in [-0.15, -0.1) is 0 Å². The molecule has 3 heteroatoms. The Morgan fingerprint density at radius 2 is 1.83 bits per heavy atom. The highest BCUT2D eigenvalue weighted by atomic mass is 15.2. The monoisotopic (exact) mass is 309 g/mol. The molecule has 3 rings (SSSR count). The van der Waals surface area contributed by atoms with Gasteiger partial charge in [-0.3, -0.25) is 9.88 Å². The van der Waals surface area contributed by atoms with E-state index in [4.69, 9.17) is 4.98 Å². The molecule has 0 saturated carbocycles. The van der Waals surface area contributed by atoms with Crippen molar-refractivity contribution in [2.24, 2.45) is 0 Å². The van der Waals surface area contributed by atoms with E-state index >= 15 is 0 Å². The van der Waals surface area contributed by atoms with E-state index in [2.05, 4.69) is 61.3 Å². The number of benzene rings is 1. The molecule has 2 aromatic rings. The third-order valence-corrected chi connectivity index (χ3v) is 4.67. The van der Waals surface area contributed by atoms with Gasteiger partial charge in [0.25, 0.3) is 0 Å². The second-order valence-corrected chi connectivity index (χ2v) is 6.66. The second kappa shape index (κ2) is 7.24. The number of nitrogens with zero attached hydrogens (tertiary/aromatic N) is 2. The molecule has 1 fully saturated rings. The number of aryl methyl sites for hydroxylation is 3. The minimum atomic E-state index is 0.246. The van der Waals surface area contributed by atoms with Gasteiger partial charge in [0, 0.05) is 25.8 Å². The molecule has 0 aliphatic carbocycles. The Bertz CT molecular complexity index is 640. The Labute approximate surface area is 139 Å². The van der Waals surface area contributed by atoms with Gasteiger partial charge in [0.2, 0.25) is 0 Å². The zero-order valence-corrected chi connectivity index (χ0v) is 14.5. The van der Waals surface area contributed by atoms with Crippen molar-refractivity contribution in [1.29, 1.82) is 0 Å². The molecule has 1 aromatic heterocycles. The number of hydrogen-bond acceptors (Lipinski definition) is 3. The maximum Gasteiger partial charge on any atom is 0.0779 e. The van der Waals surface area contributed by atoms with Gasteiger partial charge in [-0.25, -0.2) is 0 Å². The predicted molar refractivity (Wildman–Crippen MR) is 95.8 cm³/mol. The molecule has 2 heterocycles. The van der Waals surface area contributed by atoms with E-state index in [0.717, 1.165) is 31.9 Å². The molecule has 1 N–H and O–H groups in total. The summed E-state index contributed by atoms with van der Waals surface area (Å²) in [6.07, 6.45) is 3.18. The predicted octanol–water partition coefficient (Wildman–Crippen LogP) is 3.39. The molecule has 1 unspecified atom stereocenters. The van der Waals surface area contributed by atoms with Crippen LogP contribution in [-0.4, -0.2) is 36.1 Å². The average Bonchev–Trinajstić information content (AvgIpc) is 2.81. The third-order valence-electron chi connectivity index (χ3n) is 4.67. The lowest BCUT2D eigenvalue weighted by molar-refractivity contribution is 0.236. The van der Waals surface area contributed by atoms with E-state index in [1.165, 1.54) is 28.7 Å². The maximum absolute atomic E-state index is 4.76. The van der Waals surface area contributed by atoms with Gasteiger partial charge in [0.1, 0.15) is 0 Å². The van der Waals surface area contributed by atoms with Crippen LogP contribution in [0.1, 0.15) is 40.4 Å². The number of aromatic nitrogens is 1. The van der Waals surface area contributed by atoms with Gasteiger partial charge in [-0.05, 0) is 56.5 Å². The van der Waals surface area contributed by atoms with Crippen LogP contribution >= 0.6 is 0 Å². The standard InChI is InChI=1S/C20H27N3/c1-15-5-7-18(17(3)13-15)20(19-8-6-16(2)14-22-19)23-11-4-9-21-10-12-23/h5-8,13-14,20-21H,4,9-12H2,1-3H3. The first-order chi connectivity index (χ1) is 11.1. The Hall–Kier alpha value is -1.71. The minimum Gasteiger partial charge on any atom is -0.315 e. The Morgan fingerprint density at radius 1 is 1.00 bits per heavy atom. The largest absolute Gasteiger partial charge is 0.315 e. The van der Waals surface area contributed by atoms with E-state index in [1.54, 1.807) is 0 Å². The third kappa shape index (κ3) is 3.80. The van der Waals surface area contributed by atoms with E-state index in [0.29, 0.717) is 0 Å². The molecular formula is C20H27N3. The molecule has 0 amide bonds. The topological polar surface area (TPSA) is 28.2 Å². The summed E-state index contributed by atoms with van der Waals surface area (Å²) in [5, 5.41) is 3.51. The smallest absolute Gasteiger partial charge is 0.0779 e. The van der Waals surface area contributed by atoms with Gasteiger partial charge < -0.3 is 5.32 Å². The van der Waals surface area contributed by atoms with Crippen molar-refractivity contribution in [3.63, 3.8) is 0 Å². The average molecular weight is 309 g/mol. The fourth-order valence-electron chi connectivity index (χ4n) is 3.44. The number of rotatable bonds is 3. The first-order valence-electron chi connectivity index (χ1n) is 8.59. The molecule has 0 bridgehead atoms. The van der Waals surface area contributed by atoms with Crippen LogP contribution in [0.4, 0.5) is 0 Å². The molecule has 0 radical (unpaired) electrons. The first-order valence-corrected chi connectivity index (χ1v) is 8.59. The minimum absolute atomic E-state index is 0.246. The van der Waals surface area contributed by atoms with Gasteiger partial charge >= 0.3 is 0 Å². The van der Waals surface area contributed by atoms with Crippen molar-refractivity contribution in [3.05, 3.63) is 64.5 Å². The van der Waals surface area contributed by atoms with Crippen LogP contribution < -0.4 is 5.32 Å². The van der Waals surface area contributed by atoms with Crippen LogP contribution in [0, 0.1) is 20.8 Å². The Morgan fingerprint density at radius 3 is 2.57 bits per heavy atom. The normalized spacial score (nSPS) is 17.7. The first kappa shape index (κ1) is 16.2. The molecule has 1 atom stereocenters. The van der Waals surface area contributed by atoms with Gasteiger partial charge in [-0.2, -0.15) is 0 Å². The highest BCUT2D eigenvalue weighted by Gasteiger charge is 2.25. The molecule has 122 valence electrons. The summed E-state index contributed by atoms with van der Waals surface area (Å²) in [6, 6.07) is 11.4. The number of hydrogen-bond donors (Lipinski definition) is 1. The van der Waals surface area contributed by atoms with Crippen LogP contribution in [-0.2, 0) is 0 Å².